The van der Waals surface area contributed by atoms with Crippen LogP contribution in [-0.4, -0.2) is 50.6 Å². The van der Waals surface area contributed by atoms with Gasteiger partial charge in [0, 0.05) is 24.9 Å². The number of nitrogens with two attached hydrogens (primary N) is 1. The lowest BCUT2D eigenvalue weighted by molar-refractivity contribution is 0.0182. The zero-order valence-corrected chi connectivity index (χ0v) is 11.0. The van der Waals surface area contributed by atoms with Crippen molar-refractivity contribution in [3.63, 3.8) is 0 Å². The van der Waals surface area contributed by atoms with Crippen molar-refractivity contribution < 1.29 is 19.4 Å². The number of carbonyl (C=O) groups is 1. The molecule has 0 saturated carbocycles. The van der Waals surface area contributed by atoms with Gasteiger partial charge >= 0.3 is 0 Å². The first-order chi connectivity index (χ1) is 9.13. The van der Waals surface area contributed by atoms with Gasteiger partial charge in [-0.2, -0.15) is 0 Å². The van der Waals surface area contributed by atoms with Crippen LogP contribution in [0.2, 0.25) is 0 Å². The third-order valence-corrected chi connectivity index (χ3v) is 2.43. The summed E-state index contributed by atoms with van der Waals surface area (Å²) in [6, 6.07) is 6.80. The van der Waals surface area contributed by atoms with Gasteiger partial charge in [-0.1, -0.05) is 6.07 Å². The van der Waals surface area contributed by atoms with E-state index < -0.39 is 12.0 Å². The fourth-order valence-corrected chi connectivity index (χ4v) is 1.44. The number of methoxy groups -OCH3 is 1. The monoisotopic (exact) mass is 268 g/mol. The SMILES string of the molecule is COCCOCC(O)CNc1cccc(C(N)=O)c1. The third-order valence-electron chi connectivity index (χ3n) is 2.43. The number of ether oxygens (including phenoxy) is 2. The maximum atomic E-state index is 11.0. The van der Waals surface area contributed by atoms with Crippen LogP contribution in [0.15, 0.2) is 24.3 Å². The molecule has 0 radical (unpaired) electrons. The normalized spacial score (nSPS) is 12.1. The highest BCUT2D eigenvalue weighted by molar-refractivity contribution is 5.93. The van der Waals surface area contributed by atoms with Crippen LogP contribution in [0, 0.1) is 0 Å². The first kappa shape index (κ1) is 15.4. The number of benzene rings is 1. The summed E-state index contributed by atoms with van der Waals surface area (Å²) in [4.78, 5) is 11.0. The summed E-state index contributed by atoms with van der Waals surface area (Å²) in [5.74, 6) is -0.480. The molecule has 106 valence electrons. The Bertz CT molecular complexity index is 398. The second-order valence-electron chi connectivity index (χ2n) is 4.05. The Balaban J connectivity index is 2.31. The number of primary amides is 1. The Kier molecular flexibility index (Phi) is 6.88. The van der Waals surface area contributed by atoms with Crippen molar-refractivity contribution in [2.45, 2.75) is 6.10 Å². The largest absolute Gasteiger partial charge is 0.389 e. The van der Waals surface area contributed by atoms with Gasteiger partial charge in [-0.25, -0.2) is 0 Å². The molecule has 0 spiro atoms. The van der Waals surface area contributed by atoms with Crippen molar-refractivity contribution in [1.82, 2.24) is 0 Å². The van der Waals surface area contributed by atoms with E-state index in [2.05, 4.69) is 5.32 Å². The lowest BCUT2D eigenvalue weighted by Crippen LogP contribution is -2.25. The Morgan fingerprint density at radius 2 is 2.26 bits per heavy atom. The van der Waals surface area contributed by atoms with Gasteiger partial charge in [0.25, 0.3) is 0 Å². The molecule has 4 N–H and O–H groups in total. The highest BCUT2D eigenvalue weighted by Gasteiger charge is 2.05. The van der Waals surface area contributed by atoms with Crippen LogP contribution in [0.5, 0.6) is 0 Å². The average Bonchev–Trinajstić information content (AvgIpc) is 2.41. The number of rotatable bonds is 9. The van der Waals surface area contributed by atoms with Gasteiger partial charge in [0.2, 0.25) is 5.91 Å². The molecule has 0 aliphatic heterocycles. The summed E-state index contributed by atoms with van der Waals surface area (Å²) in [5.41, 5.74) is 6.34. The first-order valence-electron chi connectivity index (χ1n) is 6.02. The molecule has 19 heavy (non-hydrogen) atoms. The predicted molar refractivity (Wildman–Crippen MR) is 72.2 cm³/mol. The van der Waals surface area contributed by atoms with Gasteiger partial charge in [-0.15, -0.1) is 0 Å². The van der Waals surface area contributed by atoms with E-state index in [9.17, 15) is 9.90 Å². The van der Waals surface area contributed by atoms with Crippen molar-refractivity contribution in [2.24, 2.45) is 5.73 Å². The molecule has 0 heterocycles. The van der Waals surface area contributed by atoms with Crippen molar-refractivity contribution in [1.29, 1.82) is 0 Å². The molecule has 0 bridgehead atoms. The summed E-state index contributed by atoms with van der Waals surface area (Å²) >= 11 is 0. The van der Waals surface area contributed by atoms with E-state index >= 15 is 0 Å². The van der Waals surface area contributed by atoms with Crippen LogP contribution in [0.25, 0.3) is 0 Å². The Labute approximate surface area is 112 Å². The van der Waals surface area contributed by atoms with Gasteiger partial charge < -0.3 is 25.6 Å². The number of aliphatic hydroxyl groups excluding tert-OH is 1. The molecule has 0 aromatic heterocycles. The van der Waals surface area contributed by atoms with Crippen LogP contribution >= 0.6 is 0 Å². The molecule has 1 rings (SSSR count). The van der Waals surface area contributed by atoms with E-state index in [0.29, 0.717) is 25.3 Å². The molecule has 0 fully saturated rings. The highest BCUT2D eigenvalue weighted by Crippen LogP contribution is 2.10. The van der Waals surface area contributed by atoms with E-state index in [0.717, 1.165) is 5.69 Å². The number of anilines is 1. The smallest absolute Gasteiger partial charge is 0.248 e. The highest BCUT2D eigenvalue weighted by atomic mass is 16.5. The number of aliphatic hydroxyl groups is 1. The number of hydrogen-bond acceptors (Lipinski definition) is 5. The molecule has 6 heteroatoms. The van der Waals surface area contributed by atoms with Crippen molar-refractivity contribution in [3.05, 3.63) is 29.8 Å². The van der Waals surface area contributed by atoms with E-state index in [1.165, 1.54) is 0 Å². The van der Waals surface area contributed by atoms with Crippen LogP contribution < -0.4 is 11.1 Å². The quantitative estimate of drug-likeness (QED) is 0.557. The molecule has 6 nitrogen and oxygen atoms in total. The standard InChI is InChI=1S/C13H20N2O4/c1-18-5-6-19-9-12(16)8-15-11-4-2-3-10(7-11)13(14)17/h2-4,7,12,15-16H,5-6,8-9H2,1H3,(H2,14,17). The van der Waals surface area contributed by atoms with Gasteiger partial charge in [0.05, 0.1) is 25.9 Å². The molecular weight excluding hydrogens is 248 g/mol. The lowest BCUT2D eigenvalue weighted by Gasteiger charge is -2.13. The maximum absolute atomic E-state index is 11.0. The number of amides is 1. The number of carbonyl (C=O) groups excluding carboxylic acids is 1. The molecule has 1 aromatic rings. The minimum absolute atomic E-state index is 0.228. The predicted octanol–water partition coefficient (Wildman–Crippen LogP) is 0.221. The Hall–Kier alpha value is -1.63. The summed E-state index contributed by atoms with van der Waals surface area (Å²) in [6.45, 7) is 1.51. The van der Waals surface area contributed by atoms with Crippen LogP contribution in [0.4, 0.5) is 5.69 Å². The van der Waals surface area contributed by atoms with E-state index in [1.807, 2.05) is 0 Å². The second-order valence-corrected chi connectivity index (χ2v) is 4.05. The minimum atomic E-state index is -0.630. The van der Waals surface area contributed by atoms with Crippen LogP contribution in [0.3, 0.4) is 0 Å². The summed E-state index contributed by atoms with van der Waals surface area (Å²) < 4.78 is 10.0. The van der Waals surface area contributed by atoms with Gasteiger partial charge in [-0.3, -0.25) is 4.79 Å². The van der Waals surface area contributed by atoms with Crippen molar-refractivity contribution in [2.75, 3.05) is 38.8 Å². The molecule has 1 atom stereocenters. The average molecular weight is 268 g/mol. The molecule has 1 unspecified atom stereocenters. The third kappa shape index (κ3) is 6.19. The zero-order chi connectivity index (χ0) is 14.1. The van der Waals surface area contributed by atoms with Crippen LogP contribution in [0.1, 0.15) is 10.4 Å². The van der Waals surface area contributed by atoms with E-state index in [1.54, 1.807) is 31.4 Å². The zero-order valence-electron chi connectivity index (χ0n) is 11.0. The topological polar surface area (TPSA) is 93.8 Å². The summed E-state index contributed by atoms with van der Waals surface area (Å²) in [6.07, 6.45) is -0.630. The minimum Gasteiger partial charge on any atom is -0.389 e. The molecule has 1 aromatic carbocycles. The molecule has 0 aliphatic rings. The first-order valence-corrected chi connectivity index (χ1v) is 6.02. The van der Waals surface area contributed by atoms with Gasteiger partial charge in [-0.05, 0) is 18.2 Å². The van der Waals surface area contributed by atoms with E-state index in [4.69, 9.17) is 15.2 Å². The lowest BCUT2D eigenvalue weighted by atomic mass is 10.2. The van der Waals surface area contributed by atoms with Gasteiger partial charge in [0.15, 0.2) is 0 Å². The molecular formula is C13H20N2O4. The van der Waals surface area contributed by atoms with E-state index in [-0.39, 0.29) is 6.61 Å². The Morgan fingerprint density at radius 3 is 2.95 bits per heavy atom. The summed E-state index contributed by atoms with van der Waals surface area (Å²) in [7, 11) is 1.59. The summed E-state index contributed by atoms with van der Waals surface area (Å²) in [5, 5.41) is 12.7. The fraction of sp³-hybridized carbons (Fsp3) is 0.462. The van der Waals surface area contributed by atoms with Crippen molar-refractivity contribution in [3.8, 4) is 0 Å². The second kappa shape index (κ2) is 8.47. The molecule has 0 saturated heterocycles. The maximum Gasteiger partial charge on any atom is 0.248 e. The molecule has 1 amide bonds. The number of nitrogens with one attached hydrogen (secondary N) is 1. The Morgan fingerprint density at radius 1 is 1.47 bits per heavy atom. The molecule has 0 aliphatic carbocycles. The van der Waals surface area contributed by atoms with Crippen molar-refractivity contribution >= 4 is 11.6 Å². The van der Waals surface area contributed by atoms with Gasteiger partial charge in [0.1, 0.15) is 0 Å². The number of hydrogen-bond donors (Lipinski definition) is 3. The fourth-order valence-electron chi connectivity index (χ4n) is 1.44. The van der Waals surface area contributed by atoms with Crippen LogP contribution in [-0.2, 0) is 9.47 Å².